The van der Waals surface area contributed by atoms with Gasteiger partial charge in [-0.1, -0.05) is 12.1 Å². The number of carbonyl (C=O) groups is 1. The van der Waals surface area contributed by atoms with Crippen LogP contribution in [0.1, 0.15) is 0 Å². The van der Waals surface area contributed by atoms with Crippen LogP contribution in [0.3, 0.4) is 0 Å². The van der Waals surface area contributed by atoms with Gasteiger partial charge < -0.3 is 14.8 Å². The average molecular weight is 329 g/mol. The van der Waals surface area contributed by atoms with Gasteiger partial charge in [-0.15, -0.1) is 11.3 Å². The smallest absolute Gasteiger partial charge is 0.257 e. The highest BCUT2D eigenvalue weighted by Gasteiger charge is 2.15. The first-order valence-corrected chi connectivity index (χ1v) is 7.81. The van der Waals surface area contributed by atoms with E-state index in [1.807, 2.05) is 29.6 Å². The van der Waals surface area contributed by atoms with Gasteiger partial charge in [0.15, 0.2) is 6.61 Å². The minimum Gasteiger partial charge on any atom is -0.497 e. The van der Waals surface area contributed by atoms with Crippen LogP contribution in [0.25, 0.3) is 21.3 Å². The number of hydrogen-bond acceptors (Lipinski definition) is 6. The lowest BCUT2D eigenvalue weighted by Crippen LogP contribution is -2.25. The first-order valence-electron chi connectivity index (χ1n) is 6.93. The number of aromatic nitrogens is 2. The van der Waals surface area contributed by atoms with Gasteiger partial charge in [0.2, 0.25) is 5.88 Å². The highest BCUT2D eigenvalue weighted by Crippen LogP contribution is 2.37. The monoisotopic (exact) mass is 329 g/mol. The molecule has 3 aromatic rings. The molecule has 3 rings (SSSR count). The van der Waals surface area contributed by atoms with Crippen molar-refractivity contribution in [1.29, 1.82) is 0 Å². The second-order valence-electron chi connectivity index (χ2n) is 4.70. The van der Waals surface area contributed by atoms with E-state index in [9.17, 15) is 4.79 Å². The Labute approximate surface area is 137 Å². The van der Waals surface area contributed by atoms with Gasteiger partial charge in [0.05, 0.1) is 12.5 Å². The maximum atomic E-state index is 11.4. The quantitative estimate of drug-likeness (QED) is 0.778. The summed E-state index contributed by atoms with van der Waals surface area (Å²) in [6.07, 6.45) is 1.44. The summed E-state index contributed by atoms with van der Waals surface area (Å²) in [5.41, 5.74) is 1.98. The Morgan fingerprint density at radius 2 is 2.04 bits per heavy atom. The summed E-state index contributed by atoms with van der Waals surface area (Å²) in [4.78, 5) is 20.7. The number of amides is 1. The molecule has 6 nitrogen and oxygen atoms in total. The SMILES string of the molecule is CNC(=O)COc1ncnc2scc(-c3ccc(OC)cc3)c12. The van der Waals surface area contributed by atoms with Crippen molar-refractivity contribution in [3.05, 3.63) is 36.0 Å². The molecule has 0 saturated heterocycles. The lowest BCUT2D eigenvalue weighted by molar-refractivity contribution is -0.122. The molecule has 0 spiro atoms. The van der Waals surface area contributed by atoms with E-state index in [4.69, 9.17) is 9.47 Å². The van der Waals surface area contributed by atoms with Crippen molar-refractivity contribution in [3.8, 4) is 22.8 Å². The Morgan fingerprint density at radius 3 is 2.74 bits per heavy atom. The third kappa shape index (κ3) is 3.09. The molecule has 0 bridgehead atoms. The number of likely N-dealkylation sites (N-methyl/N-ethyl adjacent to an activating group) is 1. The molecule has 0 saturated carbocycles. The molecule has 7 heteroatoms. The first-order chi connectivity index (χ1) is 11.2. The van der Waals surface area contributed by atoms with E-state index in [-0.39, 0.29) is 12.5 Å². The van der Waals surface area contributed by atoms with Crippen molar-refractivity contribution in [2.24, 2.45) is 0 Å². The lowest BCUT2D eigenvalue weighted by Gasteiger charge is -2.07. The van der Waals surface area contributed by atoms with Crippen LogP contribution in [-0.4, -0.2) is 36.6 Å². The van der Waals surface area contributed by atoms with Gasteiger partial charge in [-0.25, -0.2) is 9.97 Å². The van der Waals surface area contributed by atoms with Gasteiger partial charge in [-0.2, -0.15) is 0 Å². The highest BCUT2D eigenvalue weighted by atomic mass is 32.1. The predicted octanol–water partition coefficient (Wildman–Crippen LogP) is 2.49. The summed E-state index contributed by atoms with van der Waals surface area (Å²) in [6, 6.07) is 7.73. The molecule has 1 amide bonds. The van der Waals surface area contributed by atoms with Crippen LogP contribution in [0.2, 0.25) is 0 Å². The fourth-order valence-electron chi connectivity index (χ4n) is 2.15. The van der Waals surface area contributed by atoms with Gasteiger partial charge in [0.1, 0.15) is 16.9 Å². The van der Waals surface area contributed by atoms with Crippen molar-refractivity contribution in [2.45, 2.75) is 0 Å². The Morgan fingerprint density at radius 1 is 1.26 bits per heavy atom. The topological polar surface area (TPSA) is 73.3 Å². The summed E-state index contributed by atoms with van der Waals surface area (Å²) < 4.78 is 10.7. The molecule has 0 aliphatic carbocycles. The zero-order chi connectivity index (χ0) is 16.2. The highest BCUT2D eigenvalue weighted by molar-refractivity contribution is 7.17. The van der Waals surface area contributed by atoms with Crippen molar-refractivity contribution in [1.82, 2.24) is 15.3 Å². The molecular formula is C16H15N3O3S. The molecule has 1 N–H and O–H groups in total. The number of nitrogens with zero attached hydrogens (tertiary/aromatic N) is 2. The third-order valence-corrected chi connectivity index (χ3v) is 4.24. The zero-order valence-electron chi connectivity index (χ0n) is 12.7. The van der Waals surface area contributed by atoms with Gasteiger partial charge in [-0.3, -0.25) is 4.79 Å². The molecule has 1 aromatic carbocycles. The van der Waals surface area contributed by atoms with Crippen LogP contribution < -0.4 is 14.8 Å². The van der Waals surface area contributed by atoms with E-state index in [0.29, 0.717) is 5.88 Å². The minimum absolute atomic E-state index is 0.0828. The lowest BCUT2D eigenvalue weighted by atomic mass is 10.1. The van der Waals surface area contributed by atoms with Crippen LogP contribution >= 0.6 is 11.3 Å². The summed E-state index contributed by atoms with van der Waals surface area (Å²) in [7, 11) is 3.20. The van der Waals surface area contributed by atoms with Crippen molar-refractivity contribution in [3.63, 3.8) is 0 Å². The Kier molecular flexibility index (Phi) is 4.38. The van der Waals surface area contributed by atoms with Gasteiger partial charge in [0, 0.05) is 18.0 Å². The largest absolute Gasteiger partial charge is 0.497 e. The number of fused-ring (bicyclic) bond motifs is 1. The van der Waals surface area contributed by atoms with Crippen LogP contribution in [0.15, 0.2) is 36.0 Å². The van der Waals surface area contributed by atoms with Gasteiger partial charge in [-0.05, 0) is 17.7 Å². The van der Waals surface area contributed by atoms with E-state index in [0.717, 1.165) is 27.1 Å². The fourth-order valence-corrected chi connectivity index (χ4v) is 3.05. The van der Waals surface area contributed by atoms with Gasteiger partial charge in [0.25, 0.3) is 5.91 Å². The fraction of sp³-hybridized carbons (Fsp3) is 0.188. The summed E-state index contributed by atoms with van der Waals surface area (Å²) in [6.45, 7) is -0.0828. The molecule has 0 fully saturated rings. The number of nitrogens with one attached hydrogen (secondary N) is 1. The molecule has 0 aliphatic rings. The molecule has 23 heavy (non-hydrogen) atoms. The molecule has 0 unspecified atom stereocenters. The average Bonchev–Trinajstić information content (AvgIpc) is 3.04. The van der Waals surface area contributed by atoms with Crippen LogP contribution in [0, 0.1) is 0 Å². The number of ether oxygens (including phenoxy) is 2. The molecule has 118 valence electrons. The Balaban J connectivity index is 2.01. The number of benzene rings is 1. The maximum absolute atomic E-state index is 11.4. The van der Waals surface area contributed by atoms with Crippen molar-refractivity contribution >= 4 is 27.5 Å². The van der Waals surface area contributed by atoms with Gasteiger partial charge >= 0.3 is 0 Å². The van der Waals surface area contributed by atoms with Crippen LogP contribution in [0.4, 0.5) is 0 Å². The number of hydrogen-bond donors (Lipinski definition) is 1. The number of carbonyl (C=O) groups excluding carboxylic acids is 1. The number of thiophene rings is 1. The Hall–Kier alpha value is -2.67. The Bertz CT molecular complexity index is 830. The first kappa shape index (κ1) is 15.2. The zero-order valence-corrected chi connectivity index (χ0v) is 13.5. The van der Waals surface area contributed by atoms with Crippen LogP contribution in [0.5, 0.6) is 11.6 Å². The summed E-state index contributed by atoms with van der Waals surface area (Å²) >= 11 is 1.51. The van der Waals surface area contributed by atoms with E-state index < -0.39 is 0 Å². The minimum atomic E-state index is -0.210. The number of rotatable bonds is 5. The molecular weight excluding hydrogens is 314 g/mol. The molecule has 0 aliphatic heterocycles. The molecule has 0 atom stereocenters. The standard InChI is InChI=1S/C16H15N3O3S/c1-17-13(20)7-22-15-14-12(8-23-16(14)19-9-18-15)10-3-5-11(21-2)6-4-10/h3-6,8-9H,7H2,1-2H3,(H,17,20). The van der Waals surface area contributed by atoms with Crippen molar-refractivity contribution in [2.75, 3.05) is 20.8 Å². The van der Waals surface area contributed by atoms with E-state index in [1.54, 1.807) is 14.2 Å². The van der Waals surface area contributed by atoms with E-state index in [1.165, 1.54) is 17.7 Å². The van der Waals surface area contributed by atoms with E-state index in [2.05, 4.69) is 15.3 Å². The van der Waals surface area contributed by atoms with E-state index >= 15 is 0 Å². The normalized spacial score (nSPS) is 10.5. The predicted molar refractivity (Wildman–Crippen MR) is 89.0 cm³/mol. The number of methoxy groups -OCH3 is 1. The maximum Gasteiger partial charge on any atom is 0.257 e. The summed E-state index contributed by atoms with van der Waals surface area (Å²) in [5.74, 6) is 0.990. The molecule has 2 heterocycles. The third-order valence-electron chi connectivity index (χ3n) is 3.36. The van der Waals surface area contributed by atoms with Crippen molar-refractivity contribution < 1.29 is 14.3 Å². The van der Waals surface area contributed by atoms with Crippen LogP contribution in [-0.2, 0) is 4.79 Å². The second kappa shape index (κ2) is 6.62. The summed E-state index contributed by atoms with van der Waals surface area (Å²) in [5, 5.41) is 5.34. The molecule has 0 radical (unpaired) electrons. The second-order valence-corrected chi connectivity index (χ2v) is 5.56. The molecule has 2 aromatic heterocycles.